The Morgan fingerprint density at radius 1 is 1.35 bits per heavy atom. The van der Waals surface area contributed by atoms with Gasteiger partial charge in [-0.15, -0.1) is 10.2 Å². The number of aromatic nitrogens is 4. The maximum absolute atomic E-state index is 4.02. The van der Waals surface area contributed by atoms with Crippen LogP contribution in [0.1, 0.15) is 64.2 Å². The Hall–Kier alpha value is -0.970. The molecule has 0 radical (unpaired) electrons. The van der Waals surface area contributed by atoms with Gasteiger partial charge in [-0.3, -0.25) is 0 Å². The molecule has 0 aliphatic heterocycles. The van der Waals surface area contributed by atoms with Crippen molar-refractivity contribution in [3.63, 3.8) is 0 Å². The Kier molecular flexibility index (Phi) is 4.48. The molecule has 1 aliphatic rings. The molecule has 1 aliphatic carbocycles. The molecule has 1 saturated carbocycles. The van der Waals surface area contributed by atoms with Crippen molar-refractivity contribution < 1.29 is 0 Å². The van der Waals surface area contributed by atoms with Crippen LogP contribution >= 0.6 is 0 Å². The minimum Gasteiger partial charge on any atom is -0.305 e. The maximum Gasteiger partial charge on any atom is 0.191 e. The summed E-state index contributed by atoms with van der Waals surface area (Å²) in [5, 5.41) is 17.7. The van der Waals surface area contributed by atoms with Crippen molar-refractivity contribution in [2.45, 2.75) is 64.5 Å². The van der Waals surface area contributed by atoms with E-state index in [0.29, 0.717) is 6.04 Å². The number of nitrogens with zero attached hydrogens (tertiary/aromatic N) is 3. The van der Waals surface area contributed by atoms with Gasteiger partial charge in [0.15, 0.2) is 5.82 Å². The summed E-state index contributed by atoms with van der Waals surface area (Å²) < 4.78 is 0. The largest absolute Gasteiger partial charge is 0.305 e. The first-order chi connectivity index (χ1) is 8.29. The highest BCUT2D eigenvalue weighted by Gasteiger charge is 2.22. The molecule has 17 heavy (non-hydrogen) atoms. The van der Waals surface area contributed by atoms with E-state index in [1.165, 1.54) is 38.5 Å². The van der Waals surface area contributed by atoms with Gasteiger partial charge in [-0.25, -0.2) is 0 Å². The van der Waals surface area contributed by atoms with Crippen LogP contribution in [0.15, 0.2) is 0 Å². The highest BCUT2D eigenvalue weighted by Crippen LogP contribution is 2.28. The van der Waals surface area contributed by atoms with Crippen molar-refractivity contribution in [2.24, 2.45) is 5.92 Å². The molecular formula is C12H23N5. The van der Waals surface area contributed by atoms with Gasteiger partial charge < -0.3 is 5.32 Å². The Morgan fingerprint density at radius 2 is 2.12 bits per heavy atom. The van der Waals surface area contributed by atoms with E-state index in [1.807, 2.05) is 0 Å². The lowest BCUT2D eigenvalue weighted by Gasteiger charge is -2.30. The van der Waals surface area contributed by atoms with Crippen LogP contribution in [-0.4, -0.2) is 26.7 Å². The second-order valence-corrected chi connectivity index (χ2v) is 5.16. The number of hydrogen-bond acceptors (Lipinski definition) is 4. The normalized spacial score (nSPS) is 26.9. The lowest BCUT2D eigenvalue weighted by Crippen LogP contribution is -2.35. The van der Waals surface area contributed by atoms with Crippen molar-refractivity contribution in [3.05, 3.63) is 5.82 Å². The Morgan fingerprint density at radius 3 is 2.71 bits per heavy atom. The SMILES string of the molecule is CCCC1CCC(NC(C)c2nn[nH]n2)CC1. The first kappa shape index (κ1) is 12.5. The van der Waals surface area contributed by atoms with E-state index in [4.69, 9.17) is 0 Å². The molecule has 96 valence electrons. The molecule has 1 aromatic heterocycles. The minimum atomic E-state index is 0.196. The molecule has 0 bridgehead atoms. The van der Waals surface area contributed by atoms with Crippen molar-refractivity contribution in [2.75, 3.05) is 0 Å². The summed E-state index contributed by atoms with van der Waals surface area (Å²) in [7, 11) is 0. The van der Waals surface area contributed by atoms with E-state index < -0.39 is 0 Å². The number of tetrazole rings is 1. The average Bonchev–Trinajstić information content (AvgIpc) is 2.86. The van der Waals surface area contributed by atoms with Crippen LogP contribution in [0.2, 0.25) is 0 Å². The molecule has 1 unspecified atom stereocenters. The Labute approximate surface area is 103 Å². The lowest BCUT2D eigenvalue weighted by molar-refractivity contribution is 0.264. The molecule has 0 amide bonds. The predicted molar refractivity (Wildman–Crippen MR) is 66.4 cm³/mol. The van der Waals surface area contributed by atoms with Crippen LogP contribution in [0.5, 0.6) is 0 Å². The van der Waals surface area contributed by atoms with Crippen LogP contribution in [0.4, 0.5) is 0 Å². The first-order valence-electron chi connectivity index (χ1n) is 6.79. The first-order valence-corrected chi connectivity index (χ1v) is 6.79. The predicted octanol–water partition coefficient (Wildman–Crippen LogP) is 2.21. The van der Waals surface area contributed by atoms with Crippen molar-refractivity contribution in [1.82, 2.24) is 25.9 Å². The third-order valence-corrected chi connectivity index (χ3v) is 3.78. The molecule has 0 saturated heterocycles. The Bertz CT molecular complexity index is 303. The standard InChI is InChI=1S/C12H23N5/c1-3-4-10-5-7-11(8-6-10)13-9(2)12-14-16-17-15-12/h9-11,13H,3-8H2,1-2H3,(H,14,15,16,17). The Balaban J connectivity index is 1.74. The number of hydrogen-bond donors (Lipinski definition) is 2. The molecule has 5 heteroatoms. The second kappa shape index (κ2) is 6.10. The zero-order valence-corrected chi connectivity index (χ0v) is 10.8. The summed E-state index contributed by atoms with van der Waals surface area (Å²) >= 11 is 0. The van der Waals surface area contributed by atoms with Gasteiger partial charge in [0.1, 0.15) is 0 Å². The van der Waals surface area contributed by atoms with Gasteiger partial charge in [-0.1, -0.05) is 25.0 Å². The van der Waals surface area contributed by atoms with Gasteiger partial charge in [-0.2, -0.15) is 5.21 Å². The summed E-state index contributed by atoms with van der Waals surface area (Å²) in [6, 6.07) is 0.818. The zero-order valence-electron chi connectivity index (χ0n) is 10.8. The molecule has 2 N–H and O–H groups in total. The van der Waals surface area contributed by atoms with Crippen LogP contribution in [-0.2, 0) is 0 Å². The second-order valence-electron chi connectivity index (χ2n) is 5.16. The summed E-state index contributed by atoms with van der Waals surface area (Å²) in [6.45, 7) is 4.38. The fraction of sp³-hybridized carbons (Fsp3) is 0.917. The van der Waals surface area contributed by atoms with E-state index in [9.17, 15) is 0 Å². The molecule has 0 spiro atoms. The highest BCUT2D eigenvalue weighted by molar-refractivity contribution is 4.89. The molecule has 1 aromatic rings. The fourth-order valence-corrected chi connectivity index (χ4v) is 2.81. The summed E-state index contributed by atoms with van der Waals surface area (Å²) in [5.74, 6) is 1.72. The van der Waals surface area contributed by atoms with Crippen molar-refractivity contribution in [3.8, 4) is 0 Å². The summed E-state index contributed by atoms with van der Waals surface area (Å²) in [5.41, 5.74) is 0. The van der Waals surface area contributed by atoms with Crippen LogP contribution in [0.3, 0.4) is 0 Å². The smallest absolute Gasteiger partial charge is 0.191 e. The quantitative estimate of drug-likeness (QED) is 0.824. The lowest BCUT2D eigenvalue weighted by atomic mass is 9.83. The summed E-state index contributed by atoms with van der Waals surface area (Å²) in [6.07, 6.45) is 8.02. The maximum atomic E-state index is 4.02. The van der Waals surface area contributed by atoms with Crippen molar-refractivity contribution in [1.29, 1.82) is 0 Å². The highest BCUT2D eigenvalue weighted by atomic mass is 15.5. The zero-order chi connectivity index (χ0) is 12.1. The molecule has 1 atom stereocenters. The van der Waals surface area contributed by atoms with Gasteiger partial charge in [0.05, 0.1) is 6.04 Å². The van der Waals surface area contributed by atoms with Gasteiger partial charge in [-0.05, 0) is 38.5 Å². The van der Waals surface area contributed by atoms with E-state index in [1.54, 1.807) is 0 Å². The number of aromatic amines is 1. The molecule has 1 fully saturated rings. The van der Waals surface area contributed by atoms with Crippen LogP contribution < -0.4 is 5.32 Å². The molecule has 1 heterocycles. The van der Waals surface area contributed by atoms with E-state index in [0.717, 1.165) is 11.7 Å². The molecule has 0 aromatic carbocycles. The van der Waals surface area contributed by atoms with E-state index >= 15 is 0 Å². The van der Waals surface area contributed by atoms with Gasteiger partial charge in [0.25, 0.3) is 0 Å². The van der Waals surface area contributed by atoms with E-state index in [2.05, 4.69) is 39.8 Å². The van der Waals surface area contributed by atoms with Gasteiger partial charge in [0.2, 0.25) is 0 Å². The third kappa shape index (κ3) is 3.49. The topological polar surface area (TPSA) is 66.5 Å². The molecule has 5 nitrogen and oxygen atoms in total. The van der Waals surface area contributed by atoms with Gasteiger partial charge in [0, 0.05) is 6.04 Å². The summed E-state index contributed by atoms with van der Waals surface area (Å²) in [4.78, 5) is 0. The van der Waals surface area contributed by atoms with Gasteiger partial charge >= 0.3 is 0 Å². The average molecular weight is 237 g/mol. The number of rotatable bonds is 5. The van der Waals surface area contributed by atoms with Crippen molar-refractivity contribution >= 4 is 0 Å². The minimum absolute atomic E-state index is 0.196. The molecule has 2 rings (SSSR count). The van der Waals surface area contributed by atoms with E-state index in [-0.39, 0.29) is 6.04 Å². The number of H-pyrrole nitrogens is 1. The fourth-order valence-electron chi connectivity index (χ4n) is 2.81. The monoisotopic (exact) mass is 237 g/mol. The third-order valence-electron chi connectivity index (χ3n) is 3.78. The van der Waals surface area contributed by atoms with Crippen LogP contribution in [0.25, 0.3) is 0 Å². The number of nitrogens with one attached hydrogen (secondary N) is 2. The van der Waals surface area contributed by atoms with Crippen LogP contribution in [0, 0.1) is 5.92 Å². The molecular weight excluding hydrogens is 214 g/mol.